The van der Waals surface area contributed by atoms with E-state index >= 15 is 0 Å². The summed E-state index contributed by atoms with van der Waals surface area (Å²) in [5, 5.41) is 7.19. The molecular weight excluding hydrogens is 254 g/mol. The second-order valence-electron chi connectivity index (χ2n) is 6.59. The zero-order valence-corrected chi connectivity index (χ0v) is 12.9. The average Bonchev–Trinajstić information content (AvgIpc) is 3.00. The third-order valence-electron chi connectivity index (χ3n) is 4.91. The molecule has 1 aromatic rings. The summed E-state index contributed by atoms with van der Waals surface area (Å²) < 4.78 is 0. The van der Waals surface area contributed by atoms with Gasteiger partial charge in [0.25, 0.3) is 0 Å². The van der Waals surface area contributed by atoms with Gasteiger partial charge in [-0.25, -0.2) is 4.98 Å². The normalized spacial score (nSPS) is 24.7. The van der Waals surface area contributed by atoms with E-state index in [-0.39, 0.29) is 5.54 Å². The van der Waals surface area contributed by atoms with Crippen molar-refractivity contribution < 1.29 is 0 Å². The lowest BCUT2D eigenvalue weighted by molar-refractivity contribution is 0.0925. The van der Waals surface area contributed by atoms with Crippen molar-refractivity contribution in [1.29, 1.82) is 0 Å². The molecule has 19 heavy (non-hydrogen) atoms. The Balaban J connectivity index is 1.82. The second-order valence-corrected chi connectivity index (χ2v) is 7.48. The van der Waals surface area contributed by atoms with Gasteiger partial charge < -0.3 is 5.32 Å². The van der Waals surface area contributed by atoms with Gasteiger partial charge in [-0.15, -0.1) is 11.3 Å². The fourth-order valence-electron chi connectivity index (χ4n) is 3.65. The van der Waals surface area contributed by atoms with Gasteiger partial charge in [0.05, 0.1) is 5.54 Å². The molecule has 0 atom stereocenters. The molecule has 0 bridgehead atoms. The van der Waals surface area contributed by atoms with Crippen molar-refractivity contribution in [2.75, 3.05) is 19.6 Å². The highest BCUT2D eigenvalue weighted by Crippen LogP contribution is 2.37. The highest BCUT2D eigenvalue weighted by atomic mass is 32.1. The zero-order chi connectivity index (χ0) is 13.3. The molecule has 1 aromatic heterocycles. The Kier molecular flexibility index (Phi) is 3.67. The molecule has 1 saturated heterocycles. The van der Waals surface area contributed by atoms with Crippen molar-refractivity contribution in [3.05, 3.63) is 16.6 Å². The van der Waals surface area contributed by atoms with Gasteiger partial charge in [0.1, 0.15) is 5.01 Å². The molecule has 2 heterocycles. The molecule has 1 saturated carbocycles. The maximum Gasteiger partial charge on any atom is 0.112 e. The fraction of sp³-hybridized carbons (Fsp3) is 0.800. The quantitative estimate of drug-likeness (QED) is 0.902. The van der Waals surface area contributed by atoms with Crippen LogP contribution >= 0.6 is 11.3 Å². The highest BCUT2D eigenvalue weighted by molar-refractivity contribution is 7.09. The van der Waals surface area contributed by atoms with Crippen molar-refractivity contribution >= 4 is 11.3 Å². The Bertz CT molecular complexity index is 407. The summed E-state index contributed by atoms with van der Waals surface area (Å²) in [6.07, 6.45) is 8.64. The molecule has 1 N–H and O–H groups in total. The minimum Gasteiger partial charge on any atom is -0.310 e. The minimum absolute atomic E-state index is 0.0653. The van der Waals surface area contributed by atoms with Crippen molar-refractivity contribution in [3.63, 3.8) is 0 Å². The third-order valence-corrected chi connectivity index (χ3v) is 5.99. The molecule has 1 spiro atoms. The molecule has 3 rings (SSSR count). The van der Waals surface area contributed by atoms with Crippen molar-refractivity contribution in [2.24, 2.45) is 0 Å². The molecular formula is C15H25N3S. The second kappa shape index (κ2) is 5.15. The van der Waals surface area contributed by atoms with Crippen LogP contribution in [0.1, 0.15) is 51.0 Å². The van der Waals surface area contributed by atoms with Crippen molar-refractivity contribution in [1.82, 2.24) is 15.2 Å². The first kappa shape index (κ1) is 13.5. The summed E-state index contributed by atoms with van der Waals surface area (Å²) in [5.74, 6) is 0. The summed E-state index contributed by atoms with van der Waals surface area (Å²) >= 11 is 1.79. The molecule has 3 nitrogen and oxygen atoms in total. The van der Waals surface area contributed by atoms with Crippen LogP contribution in [0, 0.1) is 0 Å². The van der Waals surface area contributed by atoms with Crippen LogP contribution in [0.5, 0.6) is 0 Å². The Morgan fingerprint density at radius 1 is 1.32 bits per heavy atom. The smallest absolute Gasteiger partial charge is 0.112 e. The minimum atomic E-state index is 0.0653. The summed E-state index contributed by atoms with van der Waals surface area (Å²) in [7, 11) is 0. The average molecular weight is 279 g/mol. The van der Waals surface area contributed by atoms with Crippen molar-refractivity contribution in [2.45, 2.75) is 57.0 Å². The summed E-state index contributed by atoms with van der Waals surface area (Å²) in [4.78, 5) is 7.23. The summed E-state index contributed by atoms with van der Waals surface area (Å²) in [6, 6.07) is 0. The standard InChI is InChI=1S/C15H25N3S/c1-14(2,13-16-9-11-19-13)18-10-5-8-17-15(12-18)6-3-4-7-15/h9,11,17H,3-8,10,12H2,1-2H3. The van der Waals surface area contributed by atoms with Gasteiger partial charge in [-0.3, -0.25) is 4.90 Å². The van der Waals surface area contributed by atoms with E-state index in [1.807, 2.05) is 6.20 Å². The van der Waals surface area contributed by atoms with Crippen LogP contribution in [0.2, 0.25) is 0 Å². The van der Waals surface area contributed by atoms with Crippen LogP contribution in [-0.2, 0) is 5.54 Å². The topological polar surface area (TPSA) is 28.2 Å². The lowest BCUT2D eigenvalue weighted by Gasteiger charge is -2.41. The fourth-order valence-corrected chi connectivity index (χ4v) is 4.44. The molecule has 1 aliphatic carbocycles. The van der Waals surface area contributed by atoms with Gasteiger partial charge >= 0.3 is 0 Å². The Morgan fingerprint density at radius 2 is 2.11 bits per heavy atom. The van der Waals surface area contributed by atoms with E-state index in [0.717, 1.165) is 0 Å². The largest absolute Gasteiger partial charge is 0.310 e. The summed E-state index contributed by atoms with van der Waals surface area (Å²) in [5.41, 5.74) is 0.445. The van der Waals surface area contributed by atoms with E-state index in [1.54, 1.807) is 11.3 Å². The maximum absolute atomic E-state index is 4.57. The van der Waals surface area contributed by atoms with Crippen LogP contribution in [0.15, 0.2) is 11.6 Å². The van der Waals surface area contributed by atoms with E-state index in [2.05, 4.69) is 34.4 Å². The molecule has 2 aliphatic rings. The first-order valence-corrected chi connectivity index (χ1v) is 8.40. The number of nitrogens with one attached hydrogen (secondary N) is 1. The summed E-state index contributed by atoms with van der Waals surface area (Å²) in [6.45, 7) is 8.20. The first-order chi connectivity index (χ1) is 9.12. The molecule has 0 aromatic carbocycles. The third kappa shape index (κ3) is 2.58. The monoisotopic (exact) mass is 279 g/mol. The maximum atomic E-state index is 4.57. The number of rotatable bonds is 2. The number of hydrogen-bond acceptors (Lipinski definition) is 4. The van der Waals surface area contributed by atoms with Crippen LogP contribution in [0.25, 0.3) is 0 Å². The van der Waals surface area contributed by atoms with E-state index in [0.29, 0.717) is 5.54 Å². The van der Waals surface area contributed by atoms with Crippen LogP contribution in [-0.4, -0.2) is 35.1 Å². The molecule has 1 aliphatic heterocycles. The van der Waals surface area contributed by atoms with Crippen LogP contribution in [0.3, 0.4) is 0 Å². The number of thiazole rings is 1. The number of aromatic nitrogens is 1. The number of nitrogens with zero attached hydrogens (tertiary/aromatic N) is 2. The zero-order valence-electron chi connectivity index (χ0n) is 12.1. The van der Waals surface area contributed by atoms with Gasteiger partial charge in [0.2, 0.25) is 0 Å². The Labute approximate surface area is 120 Å². The van der Waals surface area contributed by atoms with Gasteiger partial charge in [0.15, 0.2) is 0 Å². The molecule has 0 amide bonds. The van der Waals surface area contributed by atoms with Crippen LogP contribution in [0.4, 0.5) is 0 Å². The SMILES string of the molecule is CC(C)(c1nccs1)N1CCCNC2(CCCC2)C1. The van der Waals surface area contributed by atoms with Crippen molar-refractivity contribution in [3.8, 4) is 0 Å². The molecule has 4 heteroatoms. The van der Waals surface area contributed by atoms with E-state index in [9.17, 15) is 0 Å². The molecule has 0 radical (unpaired) electrons. The highest BCUT2D eigenvalue weighted by Gasteiger charge is 2.41. The molecule has 0 unspecified atom stereocenters. The van der Waals surface area contributed by atoms with E-state index in [4.69, 9.17) is 0 Å². The Morgan fingerprint density at radius 3 is 2.79 bits per heavy atom. The predicted molar refractivity (Wildman–Crippen MR) is 80.5 cm³/mol. The Hall–Kier alpha value is -0.450. The predicted octanol–water partition coefficient (Wildman–Crippen LogP) is 2.99. The van der Waals surface area contributed by atoms with Gasteiger partial charge in [-0.1, -0.05) is 12.8 Å². The van der Waals surface area contributed by atoms with Gasteiger partial charge in [0, 0.05) is 30.2 Å². The number of hydrogen-bond donors (Lipinski definition) is 1. The van der Waals surface area contributed by atoms with E-state index in [1.165, 1.54) is 56.7 Å². The van der Waals surface area contributed by atoms with E-state index < -0.39 is 0 Å². The lowest BCUT2D eigenvalue weighted by Crippen LogP contribution is -2.53. The molecule has 106 valence electrons. The van der Waals surface area contributed by atoms with Gasteiger partial charge in [-0.05, 0) is 39.7 Å². The first-order valence-electron chi connectivity index (χ1n) is 7.53. The van der Waals surface area contributed by atoms with Crippen LogP contribution < -0.4 is 5.32 Å². The molecule has 2 fully saturated rings. The van der Waals surface area contributed by atoms with Gasteiger partial charge in [-0.2, -0.15) is 0 Å². The lowest BCUT2D eigenvalue weighted by atomic mass is 9.94.